The summed E-state index contributed by atoms with van der Waals surface area (Å²) in [5.74, 6) is -1.20. The molecule has 0 radical (unpaired) electrons. The molecule has 0 saturated carbocycles. The maximum absolute atomic E-state index is 13.0. The Morgan fingerprint density at radius 3 is 2.64 bits per heavy atom. The average Bonchev–Trinajstić information content (AvgIpc) is 3.29. The summed E-state index contributed by atoms with van der Waals surface area (Å²) < 4.78 is 5.90. The summed E-state index contributed by atoms with van der Waals surface area (Å²) in [6.45, 7) is 0.149. The second-order valence-corrected chi connectivity index (χ2v) is 7.04. The molecular formula is C23H17NO4. The Bertz CT molecular complexity index is 1240. The van der Waals surface area contributed by atoms with Crippen LogP contribution in [0.3, 0.4) is 0 Å². The van der Waals surface area contributed by atoms with Gasteiger partial charge in [0.25, 0.3) is 0 Å². The lowest BCUT2D eigenvalue weighted by atomic mass is 10.0. The van der Waals surface area contributed by atoms with Crippen molar-refractivity contribution in [1.29, 1.82) is 0 Å². The molecule has 1 unspecified atom stereocenters. The highest BCUT2D eigenvalue weighted by Crippen LogP contribution is 2.37. The molecule has 138 valence electrons. The summed E-state index contributed by atoms with van der Waals surface area (Å²) in [6, 6.07) is 21.0. The molecule has 1 aromatic heterocycles. The van der Waals surface area contributed by atoms with Crippen LogP contribution in [0.15, 0.2) is 71.1 Å². The number of benzene rings is 3. The molecule has 4 aromatic rings. The largest absolute Gasteiger partial charge is 0.481 e. The van der Waals surface area contributed by atoms with Gasteiger partial charge in [0.2, 0.25) is 5.91 Å². The van der Waals surface area contributed by atoms with Gasteiger partial charge in [0.15, 0.2) is 0 Å². The van der Waals surface area contributed by atoms with Gasteiger partial charge in [0.1, 0.15) is 17.3 Å². The number of rotatable bonds is 3. The molecule has 1 N–H and O–H groups in total. The predicted molar refractivity (Wildman–Crippen MR) is 107 cm³/mol. The fourth-order valence-corrected chi connectivity index (χ4v) is 4.03. The molecule has 1 aliphatic heterocycles. The minimum Gasteiger partial charge on any atom is -0.481 e. The first-order valence-corrected chi connectivity index (χ1v) is 9.14. The number of fused-ring (bicyclic) bond motifs is 4. The third-order valence-corrected chi connectivity index (χ3v) is 5.37. The van der Waals surface area contributed by atoms with Crippen LogP contribution in [0.5, 0.6) is 0 Å². The van der Waals surface area contributed by atoms with E-state index in [1.807, 2.05) is 48.5 Å². The number of para-hydroxylation sites is 1. The van der Waals surface area contributed by atoms with Crippen molar-refractivity contribution >= 4 is 39.3 Å². The minimum atomic E-state index is -0.919. The van der Waals surface area contributed by atoms with Gasteiger partial charge in [-0.1, -0.05) is 48.5 Å². The van der Waals surface area contributed by atoms with E-state index in [1.54, 1.807) is 23.1 Å². The van der Waals surface area contributed by atoms with Crippen molar-refractivity contribution in [2.24, 2.45) is 0 Å². The molecule has 5 heteroatoms. The first-order chi connectivity index (χ1) is 13.6. The van der Waals surface area contributed by atoms with E-state index in [1.165, 1.54) is 0 Å². The second kappa shape index (κ2) is 6.23. The topological polar surface area (TPSA) is 70.8 Å². The Balaban J connectivity index is 1.48. The van der Waals surface area contributed by atoms with Crippen LogP contribution in [-0.4, -0.2) is 23.5 Å². The molecule has 0 aliphatic carbocycles. The van der Waals surface area contributed by atoms with Crippen LogP contribution in [0.4, 0.5) is 5.69 Å². The zero-order valence-corrected chi connectivity index (χ0v) is 15.0. The molecule has 1 atom stereocenters. The van der Waals surface area contributed by atoms with E-state index < -0.39 is 11.9 Å². The fraction of sp³-hybridized carbons (Fsp3) is 0.130. The lowest BCUT2D eigenvalue weighted by Crippen LogP contribution is -2.32. The normalized spacial score (nSPS) is 15.9. The minimum absolute atomic E-state index is 0.0870. The Hall–Kier alpha value is -3.60. The van der Waals surface area contributed by atoms with E-state index in [9.17, 15) is 14.7 Å². The first-order valence-electron chi connectivity index (χ1n) is 9.14. The standard InChI is InChI=1S/C23H17NO4/c25-22(24-13-19(23(26)27)17-7-3-4-8-20(17)24)12-15-11-18-16-6-2-1-5-14(16)9-10-21(18)28-15/h1-11,19H,12-13H2,(H,26,27). The van der Waals surface area contributed by atoms with E-state index >= 15 is 0 Å². The van der Waals surface area contributed by atoms with Gasteiger partial charge in [0, 0.05) is 17.6 Å². The summed E-state index contributed by atoms with van der Waals surface area (Å²) >= 11 is 0. The molecular weight excluding hydrogens is 354 g/mol. The average molecular weight is 371 g/mol. The molecule has 1 aliphatic rings. The third kappa shape index (κ3) is 2.55. The number of hydrogen-bond acceptors (Lipinski definition) is 3. The molecule has 3 aromatic carbocycles. The van der Waals surface area contributed by atoms with Gasteiger partial charge in [-0.2, -0.15) is 0 Å². The maximum atomic E-state index is 13.0. The predicted octanol–water partition coefficient (Wildman–Crippen LogP) is 4.34. The maximum Gasteiger partial charge on any atom is 0.312 e. The molecule has 0 fully saturated rings. The number of hydrogen-bond donors (Lipinski definition) is 1. The molecule has 28 heavy (non-hydrogen) atoms. The number of carboxylic acids is 1. The smallest absolute Gasteiger partial charge is 0.312 e. The number of furan rings is 1. The van der Waals surface area contributed by atoms with Crippen LogP contribution in [0.1, 0.15) is 17.2 Å². The highest BCUT2D eigenvalue weighted by Gasteiger charge is 2.36. The van der Waals surface area contributed by atoms with Crippen molar-refractivity contribution in [2.45, 2.75) is 12.3 Å². The van der Waals surface area contributed by atoms with Crippen LogP contribution in [-0.2, 0) is 16.0 Å². The van der Waals surface area contributed by atoms with E-state index in [0.29, 0.717) is 17.0 Å². The summed E-state index contributed by atoms with van der Waals surface area (Å²) in [7, 11) is 0. The van der Waals surface area contributed by atoms with Crippen LogP contribution in [0.2, 0.25) is 0 Å². The van der Waals surface area contributed by atoms with Gasteiger partial charge in [0.05, 0.1) is 6.42 Å². The van der Waals surface area contributed by atoms with Gasteiger partial charge in [-0.15, -0.1) is 0 Å². The van der Waals surface area contributed by atoms with Crippen LogP contribution in [0, 0.1) is 0 Å². The van der Waals surface area contributed by atoms with Crippen molar-refractivity contribution in [3.63, 3.8) is 0 Å². The number of anilines is 1. The first kappa shape index (κ1) is 16.6. The molecule has 5 rings (SSSR count). The van der Waals surface area contributed by atoms with Crippen LogP contribution < -0.4 is 4.90 Å². The number of nitrogens with zero attached hydrogens (tertiary/aromatic N) is 1. The van der Waals surface area contributed by atoms with Crippen molar-refractivity contribution in [1.82, 2.24) is 0 Å². The number of carbonyl (C=O) groups is 2. The Morgan fingerprint density at radius 1 is 1.00 bits per heavy atom. The lowest BCUT2D eigenvalue weighted by Gasteiger charge is -2.16. The Morgan fingerprint density at radius 2 is 1.79 bits per heavy atom. The number of carboxylic acid groups (broad SMARTS) is 1. The monoisotopic (exact) mass is 371 g/mol. The summed E-state index contributed by atoms with van der Waals surface area (Å²) in [6.07, 6.45) is 0.0870. The molecule has 0 saturated heterocycles. The van der Waals surface area contributed by atoms with Gasteiger partial charge < -0.3 is 14.4 Å². The molecule has 5 nitrogen and oxygen atoms in total. The molecule has 1 amide bonds. The van der Waals surface area contributed by atoms with Gasteiger partial charge in [-0.05, 0) is 34.5 Å². The SMILES string of the molecule is O=C(O)C1CN(C(=O)Cc2cc3c(ccc4ccccc43)o2)c2ccccc21. The number of aliphatic carboxylic acids is 1. The van der Waals surface area contributed by atoms with Gasteiger partial charge in [-0.3, -0.25) is 9.59 Å². The highest BCUT2D eigenvalue weighted by molar-refractivity contribution is 6.06. The molecule has 0 spiro atoms. The van der Waals surface area contributed by atoms with Crippen molar-refractivity contribution in [2.75, 3.05) is 11.4 Å². The zero-order valence-electron chi connectivity index (χ0n) is 15.0. The van der Waals surface area contributed by atoms with Crippen LogP contribution >= 0.6 is 0 Å². The van der Waals surface area contributed by atoms with E-state index in [2.05, 4.69) is 0 Å². The summed E-state index contributed by atoms with van der Waals surface area (Å²) in [5.41, 5.74) is 2.09. The van der Waals surface area contributed by atoms with Crippen molar-refractivity contribution in [3.05, 3.63) is 78.1 Å². The van der Waals surface area contributed by atoms with E-state index in [-0.39, 0.29) is 18.9 Å². The van der Waals surface area contributed by atoms with E-state index in [0.717, 1.165) is 21.7 Å². The van der Waals surface area contributed by atoms with Gasteiger partial charge >= 0.3 is 5.97 Å². The van der Waals surface area contributed by atoms with Crippen molar-refractivity contribution in [3.8, 4) is 0 Å². The van der Waals surface area contributed by atoms with Crippen LogP contribution in [0.25, 0.3) is 21.7 Å². The highest BCUT2D eigenvalue weighted by atomic mass is 16.4. The quantitative estimate of drug-likeness (QED) is 0.581. The fourth-order valence-electron chi connectivity index (χ4n) is 4.03. The van der Waals surface area contributed by atoms with Gasteiger partial charge in [-0.25, -0.2) is 0 Å². The number of amides is 1. The molecule has 0 bridgehead atoms. The summed E-state index contributed by atoms with van der Waals surface area (Å²) in [4.78, 5) is 26.1. The van der Waals surface area contributed by atoms with E-state index in [4.69, 9.17) is 4.42 Å². The lowest BCUT2D eigenvalue weighted by molar-refractivity contribution is -0.138. The third-order valence-electron chi connectivity index (χ3n) is 5.37. The van der Waals surface area contributed by atoms with Crippen molar-refractivity contribution < 1.29 is 19.1 Å². The Kier molecular flexibility index (Phi) is 3.69. The summed E-state index contributed by atoms with van der Waals surface area (Å²) in [5, 5.41) is 12.7. The second-order valence-electron chi connectivity index (χ2n) is 7.04. The Labute approximate surface area is 160 Å². The molecule has 2 heterocycles. The number of carbonyl (C=O) groups excluding carboxylic acids is 1. The zero-order chi connectivity index (χ0) is 19.3.